The summed E-state index contributed by atoms with van der Waals surface area (Å²) in [7, 11) is 0. The Morgan fingerprint density at radius 2 is 0.854 bits per heavy atom. The molecule has 0 aliphatic rings. The van der Waals surface area contributed by atoms with Gasteiger partial charge in [0.2, 0.25) is 0 Å². The highest BCUT2D eigenvalue weighted by Gasteiger charge is 2.15. The minimum Gasteiger partial charge on any atom is -0.256 e. The van der Waals surface area contributed by atoms with Crippen molar-refractivity contribution in [1.82, 2.24) is 19.9 Å². The maximum Gasteiger partial charge on any atom is 0.0991 e. The van der Waals surface area contributed by atoms with Crippen LogP contribution in [0.15, 0.2) is 164 Å². The normalized spacial score (nSPS) is 10.9. The minimum atomic E-state index is 0.606. The van der Waals surface area contributed by atoms with E-state index in [2.05, 4.69) is 83.8 Å². The fourth-order valence-corrected chi connectivity index (χ4v) is 5.87. The minimum absolute atomic E-state index is 0.606. The number of nitriles is 1. The third kappa shape index (κ3) is 5.71. The van der Waals surface area contributed by atoms with Crippen LogP contribution in [0.2, 0.25) is 0 Å². The van der Waals surface area contributed by atoms with Crippen LogP contribution >= 0.6 is 0 Å². The number of benzene rings is 5. The zero-order valence-electron chi connectivity index (χ0n) is 25.8. The molecular weight excluding hydrogens is 587 g/mol. The van der Waals surface area contributed by atoms with Crippen LogP contribution in [-0.2, 0) is 0 Å². The van der Waals surface area contributed by atoms with Crippen LogP contribution in [0, 0.1) is 11.3 Å². The first-order valence-electron chi connectivity index (χ1n) is 15.7. The fraction of sp³-hybridized carbons (Fsp3) is 0. The highest BCUT2D eigenvalue weighted by atomic mass is 14.8. The molecule has 0 aliphatic carbocycles. The van der Waals surface area contributed by atoms with Crippen LogP contribution in [-0.4, -0.2) is 19.9 Å². The lowest BCUT2D eigenvalue weighted by Crippen LogP contribution is -1.96. The van der Waals surface area contributed by atoms with Crippen LogP contribution in [0.5, 0.6) is 0 Å². The zero-order chi connectivity index (χ0) is 32.3. The molecule has 0 fully saturated rings. The molecule has 3 aromatic heterocycles. The van der Waals surface area contributed by atoms with Gasteiger partial charge < -0.3 is 0 Å². The Labute approximate surface area is 278 Å². The molecule has 48 heavy (non-hydrogen) atoms. The Morgan fingerprint density at radius 3 is 1.42 bits per heavy atom. The van der Waals surface area contributed by atoms with Crippen molar-refractivity contribution in [1.29, 1.82) is 5.26 Å². The number of rotatable bonds is 6. The van der Waals surface area contributed by atoms with Gasteiger partial charge in [-0.05, 0) is 59.7 Å². The van der Waals surface area contributed by atoms with Gasteiger partial charge in [-0.2, -0.15) is 5.26 Å². The molecule has 5 nitrogen and oxygen atoms in total. The Balaban J connectivity index is 1.20. The van der Waals surface area contributed by atoms with Crippen LogP contribution in [0.1, 0.15) is 5.56 Å². The van der Waals surface area contributed by atoms with Crippen molar-refractivity contribution < 1.29 is 0 Å². The van der Waals surface area contributed by atoms with E-state index in [1.165, 1.54) is 0 Å². The third-order valence-electron chi connectivity index (χ3n) is 8.39. The monoisotopic (exact) mass is 613 g/mol. The predicted octanol–water partition coefficient (Wildman–Crippen LogP) is 10.3. The molecule has 3 heterocycles. The van der Waals surface area contributed by atoms with Crippen molar-refractivity contribution in [3.8, 4) is 73.5 Å². The Bertz CT molecular complexity index is 2410. The van der Waals surface area contributed by atoms with Gasteiger partial charge in [0.1, 0.15) is 0 Å². The number of pyridine rings is 2. The van der Waals surface area contributed by atoms with Crippen molar-refractivity contribution in [2.75, 3.05) is 0 Å². The maximum absolute atomic E-state index is 9.33. The summed E-state index contributed by atoms with van der Waals surface area (Å²) in [6.07, 6.45) is 1.81. The molecule has 0 aliphatic heterocycles. The summed E-state index contributed by atoms with van der Waals surface area (Å²) in [5, 5.41) is 9.33. The van der Waals surface area contributed by atoms with Gasteiger partial charge in [0.25, 0.3) is 0 Å². The molecule has 8 aromatic rings. The first-order chi connectivity index (χ1) is 23.7. The number of fused-ring (bicyclic) bond motifs is 1. The van der Waals surface area contributed by atoms with E-state index in [1.54, 1.807) is 0 Å². The first kappa shape index (κ1) is 28.7. The molecule has 0 spiro atoms. The van der Waals surface area contributed by atoms with Gasteiger partial charge in [-0.1, -0.05) is 109 Å². The predicted molar refractivity (Wildman–Crippen MR) is 192 cm³/mol. The smallest absolute Gasteiger partial charge is 0.0991 e. The van der Waals surface area contributed by atoms with Crippen LogP contribution < -0.4 is 0 Å². The van der Waals surface area contributed by atoms with E-state index in [9.17, 15) is 5.26 Å². The summed E-state index contributed by atoms with van der Waals surface area (Å²) in [5.41, 5.74) is 13.7. The molecule has 0 atom stereocenters. The molecular formula is C43H27N5. The largest absolute Gasteiger partial charge is 0.256 e. The SMILES string of the molecule is N#Cc1ccc(-c2nc3ccccc3nc2-c2ccc(-c3cc(-c4ccccc4)nc(-c4ccc(-c5ccccn5)cc4)c3)cc2)cc1. The van der Waals surface area contributed by atoms with Crippen LogP contribution in [0.25, 0.3) is 78.4 Å². The van der Waals surface area contributed by atoms with Crippen molar-refractivity contribution in [2.24, 2.45) is 0 Å². The zero-order valence-corrected chi connectivity index (χ0v) is 25.8. The van der Waals surface area contributed by atoms with Crippen LogP contribution in [0.3, 0.4) is 0 Å². The third-order valence-corrected chi connectivity index (χ3v) is 8.39. The lowest BCUT2D eigenvalue weighted by molar-refractivity contribution is 1.29. The second-order valence-corrected chi connectivity index (χ2v) is 11.5. The number of hydrogen-bond donors (Lipinski definition) is 0. The van der Waals surface area contributed by atoms with E-state index in [0.717, 1.165) is 78.4 Å². The standard InChI is InChI=1S/C43H27N5/c44-28-29-13-15-34(16-14-29)42-43(48-39-12-5-4-11-38(39)47-42)35-23-17-30(18-24-35)36-26-40(31-8-2-1-3-9-31)46-41(27-36)33-21-19-32(20-22-33)37-10-6-7-25-45-37/h1-27H. The molecule has 5 heteroatoms. The number of para-hydroxylation sites is 2. The molecule has 0 unspecified atom stereocenters. The number of hydrogen-bond acceptors (Lipinski definition) is 5. The van der Waals surface area contributed by atoms with Crippen molar-refractivity contribution in [3.05, 3.63) is 169 Å². The van der Waals surface area contributed by atoms with E-state index in [1.807, 2.05) is 91.1 Å². The van der Waals surface area contributed by atoms with Gasteiger partial charge in [0.15, 0.2) is 0 Å². The van der Waals surface area contributed by atoms with Gasteiger partial charge in [-0.3, -0.25) is 4.98 Å². The van der Waals surface area contributed by atoms with E-state index in [4.69, 9.17) is 15.0 Å². The Hall–Kier alpha value is -6.77. The van der Waals surface area contributed by atoms with Gasteiger partial charge >= 0.3 is 0 Å². The van der Waals surface area contributed by atoms with Crippen LogP contribution in [0.4, 0.5) is 0 Å². The van der Waals surface area contributed by atoms with Crippen molar-refractivity contribution in [2.45, 2.75) is 0 Å². The summed E-state index contributed by atoms with van der Waals surface area (Å²) < 4.78 is 0. The summed E-state index contributed by atoms with van der Waals surface area (Å²) in [5.74, 6) is 0. The van der Waals surface area contributed by atoms with Gasteiger partial charge in [0.05, 0.1) is 51.1 Å². The molecule has 224 valence electrons. The van der Waals surface area contributed by atoms with Crippen molar-refractivity contribution >= 4 is 11.0 Å². The summed E-state index contributed by atoms with van der Waals surface area (Å²) in [6, 6.07) is 55.0. The molecule has 5 aromatic carbocycles. The number of nitrogens with zero attached hydrogens (tertiary/aromatic N) is 5. The molecule has 8 rings (SSSR count). The van der Waals surface area contributed by atoms with E-state index in [0.29, 0.717) is 5.56 Å². The fourth-order valence-electron chi connectivity index (χ4n) is 5.87. The molecule has 0 bridgehead atoms. The summed E-state index contributed by atoms with van der Waals surface area (Å²) >= 11 is 0. The molecule has 0 saturated carbocycles. The summed E-state index contributed by atoms with van der Waals surface area (Å²) in [6.45, 7) is 0. The first-order valence-corrected chi connectivity index (χ1v) is 15.7. The molecule has 0 N–H and O–H groups in total. The number of aromatic nitrogens is 4. The molecule has 0 saturated heterocycles. The van der Waals surface area contributed by atoms with E-state index < -0.39 is 0 Å². The van der Waals surface area contributed by atoms with Gasteiger partial charge in [-0.15, -0.1) is 0 Å². The van der Waals surface area contributed by atoms with E-state index in [-0.39, 0.29) is 0 Å². The van der Waals surface area contributed by atoms with Gasteiger partial charge in [0, 0.05) is 34.0 Å². The van der Waals surface area contributed by atoms with Gasteiger partial charge in [-0.25, -0.2) is 15.0 Å². The second-order valence-electron chi connectivity index (χ2n) is 11.5. The second kappa shape index (κ2) is 12.6. The molecule has 0 radical (unpaired) electrons. The lowest BCUT2D eigenvalue weighted by atomic mass is 9.97. The van der Waals surface area contributed by atoms with Crippen molar-refractivity contribution in [3.63, 3.8) is 0 Å². The lowest BCUT2D eigenvalue weighted by Gasteiger charge is -2.13. The Morgan fingerprint density at radius 1 is 0.375 bits per heavy atom. The highest BCUT2D eigenvalue weighted by Crippen LogP contribution is 2.35. The average Bonchev–Trinajstić information content (AvgIpc) is 3.18. The molecule has 0 amide bonds. The quantitative estimate of drug-likeness (QED) is 0.187. The maximum atomic E-state index is 9.33. The topological polar surface area (TPSA) is 75.3 Å². The average molecular weight is 614 g/mol. The highest BCUT2D eigenvalue weighted by molar-refractivity contribution is 5.87. The van der Waals surface area contributed by atoms with E-state index >= 15 is 0 Å². The summed E-state index contributed by atoms with van der Waals surface area (Å²) in [4.78, 5) is 19.7. The Kier molecular flexibility index (Phi) is 7.50.